The maximum atomic E-state index is 7.43. The van der Waals surface area contributed by atoms with Crippen molar-refractivity contribution in [1.82, 2.24) is 0 Å². The van der Waals surface area contributed by atoms with Gasteiger partial charge >= 0.3 is 0 Å². The first kappa shape index (κ1) is 15.2. The van der Waals surface area contributed by atoms with E-state index in [0.29, 0.717) is 0 Å². The zero-order chi connectivity index (χ0) is 15.1. The van der Waals surface area contributed by atoms with Crippen LogP contribution in [0.25, 0.3) is 0 Å². The second-order valence-corrected chi connectivity index (χ2v) is 5.35. The lowest BCUT2D eigenvalue weighted by Gasteiger charge is -1.93. The standard InChI is InChI=1S/C9H9N.C9H10.C2H4/c10-9-5-7-3-1-2-4-8(7)6-9;1-2-5-9-7-3-6-8(9)4-1;1-2/h1-4,10H,5-6H2;1-2,4-5H,3,6-7H2;1-2H2. The summed E-state index contributed by atoms with van der Waals surface area (Å²) in [6, 6.07) is 17.0. The first-order valence-electron chi connectivity index (χ1n) is 7.53. The van der Waals surface area contributed by atoms with Crippen LogP contribution in [0.5, 0.6) is 0 Å². The van der Waals surface area contributed by atoms with Gasteiger partial charge in [-0.15, -0.1) is 13.2 Å². The van der Waals surface area contributed by atoms with E-state index in [-0.39, 0.29) is 0 Å². The zero-order valence-corrected chi connectivity index (χ0v) is 12.6. The summed E-state index contributed by atoms with van der Waals surface area (Å²) >= 11 is 0. The Morgan fingerprint density at radius 3 is 1.48 bits per heavy atom. The topological polar surface area (TPSA) is 23.9 Å². The molecule has 0 atom stereocenters. The third-order valence-corrected chi connectivity index (χ3v) is 3.94. The number of nitrogens with one attached hydrogen (secondary N) is 1. The summed E-state index contributed by atoms with van der Waals surface area (Å²) < 4.78 is 0. The molecule has 21 heavy (non-hydrogen) atoms. The molecule has 0 unspecified atom stereocenters. The molecule has 1 nitrogen and oxygen atoms in total. The minimum atomic E-state index is 0.848. The second-order valence-electron chi connectivity index (χ2n) is 5.35. The Morgan fingerprint density at radius 2 is 1.05 bits per heavy atom. The molecule has 2 aliphatic carbocycles. The SMILES string of the molecule is C=C.N=C1Cc2ccccc2C1.c1ccc2c(c1)CCC2. The lowest BCUT2D eigenvalue weighted by molar-refractivity contribution is 0.912. The molecule has 1 N–H and O–H groups in total. The maximum absolute atomic E-state index is 7.43. The molecule has 4 rings (SSSR count). The summed E-state index contributed by atoms with van der Waals surface area (Å²) in [5.74, 6) is 0. The number of hydrogen-bond acceptors (Lipinski definition) is 1. The molecule has 0 saturated heterocycles. The van der Waals surface area contributed by atoms with Crippen LogP contribution in [0, 0.1) is 5.41 Å². The van der Waals surface area contributed by atoms with Crippen molar-refractivity contribution < 1.29 is 0 Å². The molecule has 0 aromatic heterocycles. The molecule has 0 saturated carbocycles. The van der Waals surface area contributed by atoms with E-state index in [4.69, 9.17) is 5.41 Å². The van der Waals surface area contributed by atoms with Gasteiger partial charge in [0.15, 0.2) is 0 Å². The third-order valence-electron chi connectivity index (χ3n) is 3.94. The predicted octanol–water partition coefficient (Wildman–Crippen LogP) is 4.78. The molecule has 1 heteroatoms. The fourth-order valence-electron chi connectivity index (χ4n) is 2.94. The highest BCUT2D eigenvalue weighted by Crippen LogP contribution is 2.20. The van der Waals surface area contributed by atoms with Crippen molar-refractivity contribution in [3.8, 4) is 0 Å². The van der Waals surface area contributed by atoms with Crippen LogP contribution >= 0.6 is 0 Å². The van der Waals surface area contributed by atoms with Crippen LogP contribution in [0.15, 0.2) is 61.7 Å². The van der Waals surface area contributed by atoms with E-state index >= 15 is 0 Å². The predicted molar refractivity (Wildman–Crippen MR) is 91.3 cm³/mol. The summed E-state index contributed by atoms with van der Waals surface area (Å²) in [7, 11) is 0. The summed E-state index contributed by atoms with van der Waals surface area (Å²) in [5, 5.41) is 7.43. The molecule has 0 fully saturated rings. The van der Waals surface area contributed by atoms with Gasteiger partial charge in [-0.2, -0.15) is 0 Å². The Bertz CT molecular complexity index is 563. The van der Waals surface area contributed by atoms with Gasteiger partial charge in [-0.1, -0.05) is 48.5 Å². The van der Waals surface area contributed by atoms with E-state index in [0.717, 1.165) is 18.6 Å². The van der Waals surface area contributed by atoms with E-state index in [1.165, 1.54) is 30.4 Å². The summed E-state index contributed by atoms with van der Waals surface area (Å²) in [6.07, 6.45) is 5.71. The average Bonchev–Trinajstić information content (AvgIpc) is 3.14. The molecule has 0 bridgehead atoms. The average molecular weight is 277 g/mol. The molecular formula is C20H23N. The van der Waals surface area contributed by atoms with E-state index in [9.17, 15) is 0 Å². The highest BCUT2D eigenvalue weighted by molar-refractivity contribution is 5.90. The summed E-state index contributed by atoms with van der Waals surface area (Å²) in [6.45, 7) is 6.00. The number of rotatable bonds is 0. The smallest absolute Gasteiger partial charge is 0.0177 e. The van der Waals surface area contributed by atoms with Crippen molar-refractivity contribution >= 4 is 5.71 Å². The van der Waals surface area contributed by atoms with Gasteiger partial charge in [-0.25, -0.2) is 0 Å². The van der Waals surface area contributed by atoms with Crippen LogP contribution in [0.1, 0.15) is 28.7 Å². The van der Waals surface area contributed by atoms with Crippen LogP contribution in [0.3, 0.4) is 0 Å². The minimum Gasteiger partial charge on any atom is -0.309 e. The molecule has 0 aliphatic heterocycles. The van der Waals surface area contributed by atoms with Crippen molar-refractivity contribution in [2.75, 3.05) is 0 Å². The molecular weight excluding hydrogens is 254 g/mol. The van der Waals surface area contributed by atoms with Crippen molar-refractivity contribution in [3.05, 3.63) is 83.9 Å². The minimum absolute atomic E-state index is 0.848. The normalized spacial score (nSPS) is 14.2. The van der Waals surface area contributed by atoms with E-state index < -0.39 is 0 Å². The van der Waals surface area contributed by atoms with Gasteiger partial charge in [0, 0.05) is 18.6 Å². The molecule has 0 amide bonds. The number of hydrogen-bond donors (Lipinski definition) is 1. The van der Waals surface area contributed by atoms with Gasteiger partial charge in [0.25, 0.3) is 0 Å². The summed E-state index contributed by atoms with van der Waals surface area (Å²) in [5.41, 5.74) is 6.66. The van der Waals surface area contributed by atoms with Gasteiger partial charge < -0.3 is 5.41 Å². The van der Waals surface area contributed by atoms with Gasteiger partial charge in [-0.05, 0) is 41.5 Å². The Hall–Kier alpha value is -2.15. The van der Waals surface area contributed by atoms with Crippen LogP contribution < -0.4 is 0 Å². The molecule has 2 aromatic carbocycles. The fraction of sp³-hybridized carbons (Fsp3) is 0.250. The Balaban J connectivity index is 0.000000138. The van der Waals surface area contributed by atoms with Crippen LogP contribution in [-0.4, -0.2) is 5.71 Å². The van der Waals surface area contributed by atoms with Gasteiger partial charge in [0.05, 0.1) is 0 Å². The van der Waals surface area contributed by atoms with E-state index in [1.807, 2.05) is 12.1 Å². The molecule has 2 aromatic rings. The van der Waals surface area contributed by atoms with E-state index in [2.05, 4.69) is 49.6 Å². The monoisotopic (exact) mass is 277 g/mol. The summed E-state index contributed by atoms with van der Waals surface area (Å²) in [4.78, 5) is 0. The zero-order valence-electron chi connectivity index (χ0n) is 12.6. The largest absolute Gasteiger partial charge is 0.309 e. The highest BCUT2D eigenvalue weighted by Gasteiger charge is 2.13. The first-order chi connectivity index (χ1) is 10.3. The second kappa shape index (κ2) is 7.58. The lowest BCUT2D eigenvalue weighted by atomic mass is 10.1. The third kappa shape index (κ3) is 3.91. The molecule has 0 heterocycles. The van der Waals surface area contributed by atoms with Gasteiger partial charge in [-0.3, -0.25) is 0 Å². The van der Waals surface area contributed by atoms with Gasteiger partial charge in [0.1, 0.15) is 0 Å². The lowest BCUT2D eigenvalue weighted by Crippen LogP contribution is -1.90. The van der Waals surface area contributed by atoms with Crippen molar-refractivity contribution in [2.45, 2.75) is 32.1 Å². The number of aryl methyl sites for hydroxylation is 2. The quantitative estimate of drug-likeness (QED) is 0.670. The highest BCUT2D eigenvalue weighted by atomic mass is 14.4. The van der Waals surface area contributed by atoms with Crippen LogP contribution in [-0.2, 0) is 25.7 Å². The maximum Gasteiger partial charge on any atom is 0.0177 e. The number of benzene rings is 2. The first-order valence-corrected chi connectivity index (χ1v) is 7.53. The Kier molecular flexibility index (Phi) is 5.51. The molecule has 0 spiro atoms. The van der Waals surface area contributed by atoms with Crippen LogP contribution in [0.2, 0.25) is 0 Å². The van der Waals surface area contributed by atoms with Crippen LogP contribution in [0.4, 0.5) is 0 Å². The molecule has 108 valence electrons. The van der Waals surface area contributed by atoms with Gasteiger partial charge in [0.2, 0.25) is 0 Å². The Labute approximate surface area is 127 Å². The fourth-order valence-corrected chi connectivity index (χ4v) is 2.94. The number of fused-ring (bicyclic) bond motifs is 2. The van der Waals surface area contributed by atoms with Crippen molar-refractivity contribution in [3.63, 3.8) is 0 Å². The Morgan fingerprint density at radius 1 is 0.667 bits per heavy atom. The van der Waals surface area contributed by atoms with Crippen molar-refractivity contribution in [2.24, 2.45) is 0 Å². The molecule has 0 radical (unpaired) electrons. The van der Waals surface area contributed by atoms with Crippen molar-refractivity contribution in [1.29, 1.82) is 5.41 Å². The van der Waals surface area contributed by atoms with E-state index in [1.54, 1.807) is 11.1 Å². The molecule has 2 aliphatic rings.